The second kappa shape index (κ2) is 6.89. The summed E-state index contributed by atoms with van der Waals surface area (Å²) in [6.07, 6.45) is 2.48. The fourth-order valence-electron chi connectivity index (χ4n) is 2.43. The van der Waals surface area contributed by atoms with Crippen LogP contribution in [-0.2, 0) is 14.3 Å². The third kappa shape index (κ3) is 5.59. The molecule has 1 amide bonds. The van der Waals surface area contributed by atoms with Crippen LogP contribution >= 0.6 is 0 Å². The van der Waals surface area contributed by atoms with Crippen molar-refractivity contribution < 1.29 is 19.4 Å². The summed E-state index contributed by atoms with van der Waals surface area (Å²) in [6.45, 7) is 7.62. The van der Waals surface area contributed by atoms with Gasteiger partial charge in [-0.15, -0.1) is 0 Å². The summed E-state index contributed by atoms with van der Waals surface area (Å²) < 4.78 is 5.54. The van der Waals surface area contributed by atoms with E-state index >= 15 is 0 Å². The molecule has 1 atom stereocenters. The van der Waals surface area contributed by atoms with Gasteiger partial charge in [0.05, 0.1) is 12.5 Å². The van der Waals surface area contributed by atoms with E-state index < -0.39 is 11.4 Å². The van der Waals surface area contributed by atoms with E-state index in [2.05, 4.69) is 0 Å². The largest absolute Gasteiger partial charge is 0.481 e. The topological polar surface area (TPSA) is 66.8 Å². The first-order valence-electron chi connectivity index (χ1n) is 6.95. The fourth-order valence-corrected chi connectivity index (χ4v) is 2.43. The highest BCUT2D eigenvalue weighted by Crippen LogP contribution is 2.26. The molecule has 19 heavy (non-hydrogen) atoms. The number of hydrogen-bond donors (Lipinski definition) is 1. The van der Waals surface area contributed by atoms with Crippen molar-refractivity contribution in [2.75, 3.05) is 19.7 Å². The van der Waals surface area contributed by atoms with Gasteiger partial charge in [-0.3, -0.25) is 9.59 Å². The van der Waals surface area contributed by atoms with Crippen LogP contribution in [0.4, 0.5) is 0 Å². The van der Waals surface area contributed by atoms with Crippen molar-refractivity contribution in [3.63, 3.8) is 0 Å². The summed E-state index contributed by atoms with van der Waals surface area (Å²) in [4.78, 5) is 24.8. The molecule has 1 unspecified atom stereocenters. The predicted molar refractivity (Wildman–Crippen MR) is 71.9 cm³/mol. The summed E-state index contributed by atoms with van der Waals surface area (Å²) in [6, 6.07) is 0. The molecule has 0 aromatic heterocycles. The minimum Gasteiger partial charge on any atom is -0.481 e. The van der Waals surface area contributed by atoms with E-state index in [9.17, 15) is 9.59 Å². The first kappa shape index (κ1) is 16.0. The van der Waals surface area contributed by atoms with Gasteiger partial charge in [-0.25, -0.2) is 0 Å². The molecule has 5 nitrogen and oxygen atoms in total. The van der Waals surface area contributed by atoms with Crippen molar-refractivity contribution >= 4 is 11.9 Å². The van der Waals surface area contributed by atoms with Crippen LogP contribution in [0, 0.1) is 5.41 Å². The maximum atomic E-state index is 12.2. The molecule has 1 rings (SSSR count). The Morgan fingerprint density at radius 1 is 1.37 bits per heavy atom. The third-order valence-corrected chi connectivity index (χ3v) is 3.44. The van der Waals surface area contributed by atoms with E-state index in [0.717, 1.165) is 19.4 Å². The second-order valence-corrected chi connectivity index (χ2v) is 5.98. The molecular formula is C14H25NO4. The molecule has 1 N–H and O–H groups in total. The van der Waals surface area contributed by atoms with E-state index in [1.165, 1.54) is 0 Å². The molecule has 1 fully saturated rings. The normalized spacial score (nSPS) is 19.4. The molecular weight excluding hydrogens is 246 g/mol. The maximum absolute atomic E-state index is 12.2. The van der Waals surface area contributed by atoms with Gasteiger partial charge in [-0.2, -0.15) is 0 Å². The number of amides is 1. The number of carbonyl (C=O) groups is 2. The van der Waals surface area contributed by atoms with Gasteiger partial charge in [0.25, 0.3) is 0 Å². The number of hydrogen-bond acceptors (Lipinski definition) is 3. The van der Waals surface area contributed by atoms with Crippen molar-refractivity contribution in [3.8, 4) is 0 Å². The highest BCUT2D eigenvalue weighted by molar-refractivity contribution is 5.78. The standard InChI is InChI=1S/C14H25NO4/c1-4-15(10-11-6-5-7-19-11)12(16)8-14(2,3)9-13(17)18/h11H,4-10H2,1-3H3,(H,17,18). The third-order valence-electron chi connectivity index (χ3n) is 3.44. The molecule has 1 saturated heterocycles. The van der Waals surface area contributed by atoms with Crippen LogP contribution in [0.15, 0.2) is 0 Å². The highest BCUT2D eigenvalue weighted by Gasteiger charge is 2.29. The molecule has 0 spiro atoms. The van der Waals surface area contributed by atoms with Crippen molar-refractivity contribution in [2.45, 2.75) is 52.6 Å². The van der Waals surface area contributed by atoms with Gasteiger partial charge in [0, 0.05) is 26.1 Å². The second-order valence-electron chi connectivity index (χ2n) is 5.98. The van der Waals surface area contributed by atoms with Crippen LogP contribution in [0.2, 0.25) is 0 Å². The van der Waals surface area contributed by atoms with Crippen molar-refractivity contribution in [2.24, 2.45) is 5.41 Å². The molecule has 0 aromatic rings. The maximum Gasteiger partial charge on any atom is 0.303 e. The summed E-state index contributed by atoms with van der Waals surface area (Å²) in [5.41, 5.74) is -0.507. The minimum atomic E-state index is -0.861. The Kier molecular flexibility index (Phi) is 5.79. The molecule has 1 heterocycles. The number of nitrogens with zero attached hydrogens (tertiary/aromatic N) is 1. The van der Waals surface area contributed by atoms with E-state index in [1.54, 1.807) is 4.90 Å². The predicted octanol–water partition coefficient (Wildman–Crippen LogP) is 1.90. The van der Waals surface area contributed by atoms with Gasteiger partial charge in [0.1, 0.15) is 0 Å². The quantitative estimate of drug-likeness (QED) is 0.768. The fraction of sp³-hybridized carbons (Fsp3) is 0.857. The van der Waals surface area contributed by atoms with Gasteiger partial charge in [0.15, 0.2) is 0 Å². The number of rotatable bonds is 7. The van der Waals surface area contributed by atoms with Gasteiger partial charge in [-0.1, -0.05) is 13.8 Å². The van der Waals surface area contributed by atoms with Gasteiger partial charge >= 0.3 is 5.97 Å². The van der Waals surface area contributed by atoms with Crippen molar-refractivity contribution in [1.29, 1.82) is 0 Å². The lowest BCUT2D eigenvalue weighted by Gasteiger charge is -2.28. The van der Waals surface area contributed by atoms with Gasteiger partial charge in [-0.05, 0) is 25.2 Å². The molecule has 0 radical (unpaired) electrons. The Labute approximate surface area is 114 Å². The van der Waals surface area contributed by atoms with Crippen molar-refractivity contribution in [3.05, 3.63) is 0 Å². The van der Waals surface area contributed by atoms with E-state index in [-0.39, 0.29) is 24.9 Å². The summed E-state index contributed by atoms with van der Waals surface area (Å²) in [7, 11) is 0. The first-order chi connectivity index (χ1) is 8.84. The zero-order valence-corrected chi connectivity index (χ0v) is 12.1. The molecule has 0 aromatic carbocycles. The lowest BCUT2D eigenvalue weighted by atomic mass is 9.85. The minimum absolute atomic E-state index is 0.0101. The van der Waals surface area contributed by atoms with Crippen LogP contribution in [0.3, 0.4) is 0 Å². The highest BCUT2D eigenvalue weighted by atomic mass is 16.5. The van der Waals surface area contributed by atoms with E-state index in [4.69, 9.17) is 9.84 Å². The lowest BCUT2D eigenvalue weighted by molar-refractivity contribution is -0.141. The smallest absolute Gasteiger partial charge is 0.303 e. The zero-order chi connectivity index (χ0) is 14.5. The Bertz CT molecular complexity index is 321. The Balaban J connectivity index is 2.50. The van der Waals surface area contributed by atoms with E-state index in [1.807, 2.05) is 20.8 Å². The monoisotopic (exact) mass is 271 g/mol. The molecule has 1 aliphatic heterocycles. The van der Waals surface area contributed by atoms with Gasteiger partial charge in [0.2, 0.25) is 5.91 Å². The molecule has 5 heteroatoms. The van der Waals surface area contributed by atoms with Crippen LogP contribution < -0.4 is 0 Å². The molecule has 0 saturated carbocycles. The number of aliphatic carboxylic acids is 1. The number of likely N-dealkylation sites (N-methyl/N-ethyl adjacent to an activating group) is 1. The van der Waals surface area contributed by atoms with Crippen LogP contribution in [0.25, 0.3) is 0 Å². The van der Waals surface area contributed by atoms with Crippen LogP contribution in [-0.4, -0.2) is 47.7 Å². The van der Waals surface area contributed by atoms with Crippen molar-refractivity contribution in [1.82, 2.24) is 4.90 Å². The molecule has 1 aliphatic rings. The Morgan fingerprint density at radius 3 is 2.53 bits per heavy atom. The zero-order valence-electron chi connectivity index (χ0n) is 12.1. The van der Waals surface area contributed by atoms with Crippen LogP contribution in [0.1, 0.15) is 46.5 Å². The summed E-state index contributed by atoms with van der Waals surface area (Å²) >= 11 is 0. The van der Waals surface area contributed by atoms with Gasteiger partial charge < -0.3 is 14.7 Å². The molecule has 110 valence electrons. The first-order valence-corrected chi connectivity index (χ1v) is 6.95. The number of carboxylic acids is 1. The molecule has 0 aliphatic carbocycles. The average Bonchev–Trinajstić information content (AvgIpc) is 2.75. The number of carbonyl (C=O) groups excluding carboxylic acids is 1. The average molecular weight is 271 g/mol. The summed E-state index contributed by atoms with van der Waals surface area (Å²) in [5, 5.41) is 8.84. The Hall–Kier alpha value is -1.10. The number of ether oxygens (including phenoxy) is 1. The molecule has 0 bridgehead atoms. The lowest BCUT2D eigenvalue weighted by Crippen LogP contribution is -2.39. The van der Waals surface area contributed by atoms with Crippen LogP contribution in [0.5, 0.6) is 0 Å². The van der Waals surface area contributed by atoms with E-state index in [0.29, 0.717) is 13.1 Å². The summed E-state index contributed by atoms with van der Waals surface area (Å²) in [5.74, 6) is -0.843. The SMILES string of the molecule is CCN(CC1CCCO1)C(=O)CC(C)(C)CC(=O)O. The number of carboxylic acid groups (broad SMARTS) is 1. The Morgan fingerprint density at radius 2 is 2.05 bits per heavy atom.